The average Bonchev–Trinajstić information content (AvgIpc) is 3.49. The molecule has 6 rings (SSSR count). The Balaban J connectivity index is 0.000000391. The molecule has 2 aliphatic heterocycles. The van der Waals surface area contributed by atoms with Gasteiger partial charge in [-0.15, -0.1) is 0 Å². The highest BCUT2D eigenvalue weighted by atomic mass is 16.5. The molecule has 4 aromatic rings. The summed E-state index contributed by atoms with van der Waals surface area (Å²) >= 11 is 0. The zero-order chi connectivity index (χ0) is 24.9. The van der Waals surface area contributed by atoms with E-state index in [9.17, 15) is 4.79 Å². The van der Waals surface area contributed by atoms with Crippen LogP contribution in [0, 0.1) is 6.92 Å². The second kappa shape index (κ2) is 10.9. The van der Waals surface area contributed by atoms with Crippen LogP contribution in [0.4, 0.5) is 0 Å². The highest BCUT2D eigenvalue weighted by molar-refractivity contribution is 5.96. The molecule has 0 spiro atoms. The number of pyridine rings is 2. The van der Waals surface area contributed by atoms with Crippen molar-refractivity contribution in [3.63, 3.8) is 0 Å². The van der Waals surface area contributed by atoms with Crippen LogP contribution in [0.3, 0.4) is 0 Å². The molecule has 1 fully saturated rings. The summed E-state index contributed by atoms with van der Waals surface area (Å²) in [6.45, 7) is 6.48. The van der Waals surface area contributed by atoms with Crippen LogP contribution in [-0.2, 0) is 17.8 Å². The van der Waals surface area contributed by atoms with Crippen molar-refractivity contribution >= 4 is 16.8 Å². The van der Waals surface area contributed by atoms with E-state index in [0.717, 1.165) is 62.2 Å². The number of nitrogens with zero attached hydrogens (tertiary/aromatic N) is 6. The van der Waals surface area contributed by atoms with Crippen molar-refractivity contribution in [2.24, 2.45) is 0 Å². The van der Waals surface area contributed by atoms with E-state index in [1.807, 2.05) is 47.5 Å². The van der Waals surface area contributed by atoms with Crippen LogP contribution >= 0.6 is 0 Å². The molecule has 36 heavy (non-hydrogen) atoms. The lowest BCUT2D eigenvalue weighted by Gasteiger charge is -2.32. The number of rotatable bonds is 4. The van der Waals surface area contributed by atoms with Gasteiger partial charge in [0.15, 0.2) is 6.61 Å². The lowest BCUT2D eigenvalue weighted by atomic mass is 9.98. The number of amides is 1. The number of aromatic nitrogens is 4. The predicted molar refractivity (Wildman–Crippen MR) is 140 cm³/mol. The molecule has 0 atom stereocenters. The van der Waals surface area contributed by atoms with E-state index in [2.05, 4.69) is 39.6 Å². The third-order valence-corrected chi connectivity index (χ3v) is 6.78. The molecule has 0 radical (unpaired) electrons. The highest BCUT2D eigenvalue weighted by Gasteiger charge is 2.22. The first-order chi connectivity index (χ1) is 17.6. The summed E-state index contributed by atoms with van der Waals surface area (Å²) in [4.78, 5) is 24.9. The van der Waals surface area contributed by atoms with Gasteiger partial charge >= 0.3 is 0 Å². The Hall–Kier alpha value is -3.78. The summed E-state index contributed by atoms with van der Waals surface area (Å²) in [5.41, 5.74) is 5.65. The van der Waals surface area contributed by atoms with Gasteiger partial charge < -0.3 is 14.5 Å². The van der Waals surface area contributed by atoms with Gasteiger partial charge in [0.2, 0.25) is 0 Å². The van der Waals surface area contributed by atoms with Crippen molar-refractivity contribution in [3.8, 4) is 16.9 Å². The maximum atomic E-state index is 12.5. The molecule has 0 N–H and O–H groups in total. The molecule has 8 heteroatoms. The van der Waals surface area contributed by atoms with E-state index in [-0.39, 0.29) is 12.5 Å². The molecular formula is C28H32N6O2. The molecule has 5 heterocycles. The second-order valence-electron chi connectivity index (χ2n) is 9.27. The van der Waals surface area contributed by atoms with Crippen LogP contribution < -0.4 is 4.74 Å². The molecule has 1 saturated heterocycles. The Kier molecular flexibility index (Phi) is 7.23. The zero-order valence-electron chi connectivity index (χ0n) is 20.9. The lowest BCUT2D eigenvalue weighted by molar-refractivity contribution is -0.134. The van der Waals surface area contributed by atoms with Crippen molar-refractivity contribution in [2.75, 3.05) is 39.8 Å². The lowest BCUT2D eigenvalue weighted by Crippen LogP contribution is -2.48. The van der Waals surface area contributed by atoms with Crippen LogP contribution in [0.1, 0.15) is 17.8 Å². The van der Waals surface area contributed by atoms with Crippen LogP contribution in [0.15, 0.2) is 61.1 Å². The highest BCUT2D eigenvalue weighted by Crippen LogP contribution is 2.36. The fraction of sp³-hybridized carbons (Fsp3) is 0.357. The van der Waals surface area contributed by atoms with Crippen molar-refractivity contribution in [3.05, 3.63) is 72.4 Å². The molecule has 0 saturated carbocycles. The first kappa shape index (κ1) is 23.9. The summed E-state index contributed by atoms with van der Waals surface area (Å²) < 4.78 is 7.96. The number of hydrogen-bond donors (Lipinski definition) is 0. The van der Waals surface area contributed by atoms with Crippen molar-refractivity contribution < 1.29 is 9.53 Å². The van der Waals surface area contributed by atoms with Gasteiger partial charge in [-0.05, 0) is 62.7 Å². The molecule has 1 aromatic carbocycles. The molecule has 0 bridgehead atoms. The molecule has 186 valence electrons. The molecule has 2 aliphatic rings. The minimum atomic E-state index is 0.0379. The number of carbonyl (C=O) groups is 1. The number of aryl methyl sites for hydroxylation is 2. The maximum Gasteiger partial charge on any atom is 0.260 e. The van der Waals surface area contributed by atoms with Gasteiger partial charge in [-0.1, -0.05) is 6.07 Å². The molecule has 3 aromatic heterocycles. The first-order valence-electron chi connectivity index (χ1n) is 12.5. The number of carbonyl (C=O) groups excluding carboxylic acids is 1. The summed E-state index contributed by atoms with van der Waals surface area (Å²) in [6, 6.07) is 13.7. The summed E-state index contributed by atoms with van der Waals surface area (Å²) in [5, 5.41) is 5.80. The van der Waals surface area contributed by atoms with Gasteiger partial charge in [0.25, 0.3) is 5.91 Å². The van der Waals surface area contributed by atoms with Gasteiger partial charge in [0.1, 0.15) is 5.75 Å². The van der Waals surface area contributed by atoms with Gasteiger partial charge in [0.05, 0.1) is 11.2 Å². The van der Waals surface area contributed by atoms with Crippen LogP contribution in [0.25, 0.3) is 22.0 Å². The fourth-order valence-corrected chi connectivity index (χ4v) is 4.86. The third-order valence-electron chi connectivity index (χ3n) is 6.78. The predicted octanol–water partition coefficient (Wildman–Crippen LogP) is 3.59. The van der Waals surface area contributed by atoms with Crippen LogP contribution in [0.5, 0.6) is 5.75 Å². The molecule has 0 aliphatic carbocycles. The molecule has 8 nitrogen and oxygen atoms in total. The number of piperazine rings is 1. The second-order valence-corrected chi connectivity index (χ2v) is 9.27. The monoisotopic (exact) mass is 484 g/mol. The van der Waals surface area contributed by atoms with Crippen molar-refractivity contribution in [2.45, 2.75) is 26.3 Å². The largest absolute Gasteiger partial charge is 0.484 e. The summed E-state index contributed by atoms with van der Waals surface area (Å²) in [6.07, 6.45) is 7.56. The SMILES string of the molecule is Cc1nn2c(c1-c1ccnc3cc(OCC(=O)N4CCN(C)CC4)ccc13)CCC2.c1ccncc1. The molecule has 0 unspecified atom stereocenters. The van der Waals surface area contributed by atoms with Gasteiger partial charge in [-0.3, -0.25) is 19.4 Å². The summed E-state index contributed by atoms with van der Waals surface area (Å²) in [7, 11) is 2.08. The number of fused-ring (bicyclic) bond motifs is 2. The maximum absolute atomic E-state index is 12.5. The standard InChI is InChI=1S/C23H27N5O2.C5H5N/c1-16-23(21-4-3-9-28(21)25-16)19-7-8-24-20-14-17(5-6-18(19)20)30-15-22(29)27-12-10-26(2)11-13-27;1-2-4-6-5-3-1/h5-8,14H,3-4,9-13,15H2,1-2H3;1-5H. The summed E-state index contributed by atoms with van der Waals surface area (Å²) in [5.74, 6) is 0.711. The topological polar surface area (TPSA) is 76.4 Å². The zero-order valence-corrected chi connectivity index (χ0v) is 20.9. The van der Waals surface area contributed by atoms with Gasteiger partial charge in [-0.25, -0.2) is 0 Å². The van der Waals surface area contributed by atoms with E-state index in [1.165, 1.54) is 16.8 Å². The van der Waals surface area contributed by atoms with E-state index >= 15 is 0 Å². The van der Waals surface area contributed by atoms with E-state index < -0.39 is 0 Å². The first-order valence-corrected chi connectivity index (χ1v) is 12.5. The van der Waals surface area contributed by atoms with Gasteiger partial charge in [-0.2, -0.15) is 5.10 Å². The average molecular weight is 485 g/mol. The van der Waals surface area contributed by atoms with Crippen molar-refractivity contribution in [1.29, 1.82) is 0 Å². The van der Waals surface area contributed by atoms with E-state index in [1.54, 1.807) is 12.4 Å². The number of benzene rings is 1. The third kappa shape index (κ3) is 5.23. The molecule has 1 amide bonds. The Morgan fingerprint density at radius 2 is 1.81 bits per heavy atom. The minimum absolute atomic E-state index is 0.0379. The molecular weight excluding hydrogens is 452 g/mol. The Morgan fingerprint density at radius 1 is 1.00 bits per heavy atom. The Morgan fingerprint density at radius 3 is 2.53 bits per heavy atom. The fourth-order valence-electron chi connectivity index (χ4n) is 4.86. The number of hydrogen-bond acceptors (Lipinski definition) is 6. The number of likely N-dealkylation sites (N-methyl/N-ethyl adjacent to an activating group) is 1. The Bertz CT molecular complexity index is 1300. The van der Waals surface area contributed by atoms with Gasteiger partial charge in [0, 0.05) is 74.0 Å². The van der Waals surface area contributed by atoms with Crippen molar-refractivity contribution in [1.82, 2.24) is 29.5 Å². The minimum Gasteiger partial charge on any atom is -0.484 e. The smallest absolute Gasteiger partial charge is 0.260 e. The van der Waals surface area contributed by atoms with Crippen LogP contribution in [0.2, 0.25) is 0 Å². The quantitative estimate of drug-likeness (QED) is 0.441. The van der Waals surface area contributed by atoms with E-state index in [4.69, 9.17) is 9.84 Å². The van der Waals surface area contributed by atoms with Crippen LogP contribution in [-0.4, -0.2) is 75.3 Å². The number of ether oxygens (including phenoxy) is 1. The van der Waals surface area contributed by atoms with E-state index in [0.29, 0.717) is 5.75 Å². The normalized spacial score (nSPS) is 15.3. The Labute approximate surface area is 211 Å².